The minimum absolute atomic E-state index is 0.210. The third-order valence-corrected chi connectivity index (χ3v) is 3.98. The first kappa shape index (κ1) is 23.5. The Morgan fingerprint density at radius 3 is 2.29 bits per heavy atom. The number of carbonyl (C=O) groups is 2. The largest absolute Gasteiger partial charge is 0.534 e. The first-order chi connectivity index (χ1) is 12.6. The average molecular weight is 427 g/mol. The van der Waals surface area contributed by atoms with Crippen LogP contribution in [-0.2, 0) is 30.8 Å². The van der Waals surface area contributed by atoms with E-state index in [1.54, 1.807) is 20.8 Å². The predicted octanol–water partition coefficient (Wildman–Crippen LogP) is 2.52. The second kappa shape index (κ2) is 8.67. The number of hydrogen-bond donors (Lipinski definition) is 1. The molecule has 0 aliphatic rings. The molecule has 0 radical (unpaired) electrons. The van der Waals surface area contributed by atoms with E-state index in [0.717, 1.165) is 19.2 Å². The summed E-state index contributed by atoms with van der Waals surface area (Å²) < 4.78 is 73.1. The number of alkyl carbamates (subject to hydrolysis) is 1. The number of alkyl halides is 3. The van der Waals surface area contributed by atoms with Crippen LogP contribution >= 0.6 is 0 Å². The Hall–Kier alpha value is -2.50. The van der Waals surface area contributed by atoms with Crippen molar-refractivity contribution < 1.29 is 44.8 Å². The molecule has 0 aromatic heterocycles. The van der Waals surface area contributed by atoms with Gasteiger partial charge in [0.25, 0.3) is 0 Å². The number of ether oxygens (including phenoxy) is 2. The Bertz CT molecular complexity index is 816. The van der Waals surface area contributed by atoms with Crippen LogP contribution in [0.2, 0.25) is 0 Å². The summed E-state index contributed by atoms with van der Waals surface area (Å²) in [5.74, 6) is -1.43. The van der Waals surface area contributed by atoms with Gasteiger partial charge in [0, 0.05) is 6.42 Å². The molecule has 0 aliphatic carbocycles. The molecule has 0 saturated heterocycles. The molecule has 12 heteroatoms. The molecule has 0 spiro atoms. The van der Waals surface area contributed by atoms with Crippen LogP contribution in [0.25, 0.3) is 0 Å². The van der Waals surface area contributed by atoms with Crippen molar-refractivity contribution in [2.45, 2.75) is 44.3 Å². The molecule has 8 nitrogen and oxygen atoms in total. The Labute approximate surface area is 160 Å². The summed E-state index contributed by atoms with van der Waals surface area (Å²) in [5, 5.41) is 2.29. The minimum atomic E-state index is -5.84. The first-order valence-electron chi connectivity index (χ1n) is 7.81. The zero-order chi connectivity index (χ0) is 21.8. The Morgan fingerprint density at radius 1 is 1.18 bits per heavy atom. The Morgan fingerprint density at radius 2 is 1.79 bits per heavy atom. The van der Waals surface area contributed by atoms with Crippen molar-refractivity contribution in [1.82, 2.24) is 5.32 Å². The van der Waals surface area contributed by atoms with E-state index in [4.69, 9.17) is 4.74 Å². The van der Waals surface area contributed by atoms with E-state index in [0.29, 0.717) is 0 Å². The van der Waals surface area contributed by atoms with Crippen molar-refractivity contribution in [3.8, 4) is 5.75 Å². The molecule has 1 aromatic rings. The van der Waals surface area contributed by atoms with Crippen LogP contribution in [-0.4, -0.2) is 44.7 Å². The summed E-state index contributed by atoms with van der Waals surface area (Å²) in [5.41, 5.74) is -6.21. The summed E-state index contributed by atoms with van der Waals surface area (Å²) in [6, 6.07) is 3.41. The molecule has 0 fully saturated rings. The molecular formula is C16H20F3NO7S. The lowest BCUT2D eigenvalue weighted by atomic mass is 10.1. The number of nitrogens with one attached hydrogen (secondary N) is 1. The topological polar surface area (TPSA) is 108 Å². The van der Waals surface area contributed by atoms with Gasteiger partial charge in [0.1, 0.15) is 17.4 Å². The van der Waals surface area contributed by atoms with Crippen LogP contribution < -0.4 is 9.50 Å². The first-order valence-corrected chi connectivity index (χ1v) is 9.22. The smallest absolute Gasteiger partial charge is 0.467 e. The Balaban J connectivity index is 2.98. The predicted molar refractivity (Wildman–Crippen MR) is 90.9 cm³/mol. The van der Waals surface area contributed by atoms with Gasteiger partial charge in [-0.3, -0.25) is 0 Å². The summed E-state index contributed by atoms with van der Waals surface area (Å²) in [6.45, 7) is 4.84. The van der Waals surface area contributed by atoms with Gasteiger partial charge in [-0.25, -0.2) is 9.59 Å². The monoisotopic (exact) mass is 427 g/mol. The van der Waals surface area contributed by atoms with Gasteiger partial charge >= 0.3 is 27.7 Å². The van der Waals surface area contributed by atoms with Crippen LogP contribution in [0.1, 0.15) is 26.3 Å². The molecular weight excluding hydrogens is 407 g/mol. The van der Waals surface area contributed by atoms with Crippen LogP contribution in [0, 0.1) is 0 Å². The van der Waals surface area contributed by atoms with Gasteiger partial charge in [-0.2, -0.15) is 21.6 Å². The second-order valence-electron chi connectivity index (χ2n) is 6.56. The zero-order valence-corrected chi connectivity index (χ0v) is 16.3. The SMILES string of the molecule is COC(=O)[C@H](Cc1cccc(OS(=O)(=O)C(F)(F)F)c1)NC(=O)OC(C)(C)C. The van der Waals surface area contributed by atoms with Gasteiger partial charge in [0.15, 0.2) is 0 Å². The van der Waals surface area contributed by atoms with E-state index in [1.807, 2.05) is 0 Å². The van der Waals surface area contributed by atoms with Crippen molar-refractivity contribution in [2.75, 3.05) is 7.11 Å². The molecule has 1 rings (SSSR count). The molecule has 1 aromatic carbocycles. The molecule has 0 bridgehead atoms. The fraction of sp³-hybridized carbons (Fsp3) is 0.500. The average Bonchev–Trinajstić information content (AvgIpc) is 2.50. The molecule has 0 aliphatic heterocycles. The van der Waals surface area contributed by atoms with Crippen molar-refractivity contribution in [3.05, 3.63) is 29.8 Å². The number of methoxy groups -OCH3 is 1. The minimum Gasteiger partial charge on any atom is -0.467 e. The zero-order valence-electron chi connectivity index (χ0n) is 15.5. The highest BCUT2D eigenvalue weighted by Crippen LogP contribution is 2.27. The van der Waals surface area contributed by atoms with E-state index in [1.165, 1.54) is 12.1 Å². The van der Waals surface area contributed by atoms with Gasteiger partial charge in [0.05, 0.1) is 7.11 Å². The molecule has 0 saturated carbocycles. The maximum absolute atomic E-state index is 12.4. The number of halogens is 3. The highest BCUT2D eigenvalue weighted by molar-refractivity contribution is 7.88. The highest BCUT2D eigenvalue weighted by atomic mass is 32.2. The van der Waals surface area contributed by atoms with E-state index in [2.05, 4.69) is 14.2 Å². The van der Waals surface area contributed by atoms with Gasteiger partial charge in [-0.05, 0) is 38.5 Å². The van der Waals surface area contributed by atoms with Gasteiger partial charge in [-0.15, -0.1) is 0 Å². The summed E-state index contributed by atoms with van der Waals surface area (Å²) in [7, 11) is -4.75. The number of rotatable bonds is 6. The van der Waals surface area contributed by atoms with E-state index < -0.39 is 45.1 Å². The van der Waals surface area contributed by atoms with Crippen LogP contribution in [0.3, 0.4) is 0 Å². The van der Waals surface area contributed by atoms with Crippen LogP contribution in [0.15, 0.2) is 24.3 Å². The quantitative estimate of drug-likeness (QED) is 0.422. The van der Waals surface area contributed by atoms with Crippen LogP contribution in [0.4, 0.5) is 18.0 Å². The molecule has 0 heterocycles. The van der Waals surface area contributed by atoms with E-state index in [9.17, 15) is 31.2 Å². The second-order valence-corrected chi connectivity index (χ2v) is 8.09. The van der Waals surface area contributed by atoms with Gasteiger partial charge < -0.3 is 19.0 Å². The fourth-order valence-electron chi connectivity index (χ4n) is 1.92. The van der Waals surface area contributed by atoms with Crippen molar-refractivity contribution >= 4 is 22.2 Å². The van der Waals surface area contributed by atoms with Gasteiger partial charge in [0.2, 0.25) is 0 Å². The molecule has 1 atom stereocenters. The maximum atomic E-state index is 12.4. The molecule has 158 valence electrons. The summed E-state index contributed by atoms with van der Waals surface area (Å²) in [4.78, 5) is 23.8. The third kappa shape index (κ3) is 7.25. The van der Waals surface area contributed by atoms with E-state index >= 15 is 0 Å². The van der Waals surface area contributed by atoms with Crippen molar-refractivity contribution in [2.24, 2.45) is 0 Å². The summed E-state index contributed by atoms with van der Waals surface area (Å²) in [6.07, 6.45) is -1.12. The van der Waals surface area contributed by atoms with Crippen molar-refractivity contribution in [1.29, 1.82) is 0 Å². The lowest BCUT2D eigenvalue weighted by Gasteiger charge is -2.22. The maximum Gasteiger partial charge on any atom is 0.534 e. The molecule has 1 N–H and O–H groups in total. The third-order valence-electron chi connectivity index (χ3n) is 3.00. The van der Waals surface area contributed by atoms with E-state index in [-0.39, 0.29) is 12.0 Å². The molecule has 0 unspecified atom stereocenters. The van der Waals surface area contributed by atoms with Crippen LogP contribution in [0.5, 0.6) is 5.75 Å². The number of benzene rings is 1. The summed E-state index contributed by atoms with van der Waals surface area (Å²) >= 11 is 0. The number of esters is 1. The number of carbonyl (C=O) groups excluding carboxylic acids is 2. The Kier molecular flexibility index (Phi) is 7.29. The normalized spacial score (nSPS) is 13.4. The highest BCUT2D eigenvalue weighted by Gasteiger charge is 2.48. The number of amides is 1. The van der Waals surface area contributed by atoms with Crippen molar-refractivity contribution in [3.63, 3.8) is 0 Å². The van der Waals surface area contributed by atoms with Gasteiger partial charge in [-0.1, -0.05) is 12.1 Å². The molecule has 1 amide bonds. The lowest BCUT2D eigenvalue weighted by Crippen LogP contribution is -2.45. The molecule has 28 heavy (non-hydrogen) atoms. The standard InChI is InChI=1S/C16H20F3NO7S/c1-15(2,3)26-14(22)20-12(13(21)25-4)9-10-6-5-7-11(8-10)27-28(23,24)16(17,18)19/h5-8,12H,9H2,1-4H3,(H,20,22)/t12-/m0/s1. The number of hydrogen-bond acceptors (Lipinski definition) is 7. The fourth-order valence-corrected chi connectivity index (χ4v) is 2.37. The lowest BCUT2D eigenvalue weighted by molar-refractivity contribution is -0.143.